The van der Waals surface area contributed by atoms with Gasteiger partial charge < -0.3 is 4.74 Å². The van der Waals surface area contributed by atoms with Crippen molar-refractivity contribution >= 4 is 51.3 Å². The van der Waals surface area contributed by atoms with Crippen molar-refractivity contribution in [1.29, 1.82) is 0 Å². The second-order valence-electron chi connectivity index (χ2n) is 4.33. The summed E-state index contributed by atoms with van der Waals surface area (Å²) in [6.45, 7) is -0.258. The number of halogens is 4. The summed E-state index contributed by atoms with van der Waals surface area (Å²) < 4.78 is 18.6. The third-order valence-corrected chi connectivity index (χ3v) is 3.74. The minimum absolute atomic E-state index is 0.258. The van der Waals surface area contributed by atoms with Crippen LogP contribution in [-0.4, -0.2) is 18.7 Å². The maximum atomic E-state index is 13.1. The predicted molar refractivity (Wildman–Crippen MR) is 91.8 cm³/mol. The van der Waals surface area contributed by atoms with Gasteiger partial charge in [0.25, 0.3) is 5.91 Å². The number of hydrazone groups is 1. The van der Waals surface area contributed by atoms with Gasteiger partial charge in [0.05, 0.1) is 15.7 Å². The van der Waals surface area contributed by atoms with Crippen molar-refractivity contribution in [1.82, 2.24) is 5.43 Å². The molecule has 0 spiro atoms. The zero-order chi connectivity index (χ0) is 16.8. The number of carbonyl (C=O) groups is 1. The van der Waals surface area contributed by atoms with Crippen LogP contribution in [0.15, 0.2) is 46.0 Å². The van der Waals surface area contributed by atoms with Gasteiger partial charge in [0.15, 0.2) is 6.61 Å². The lowest BCUT2D eigenvalue weighted by Gasteiger charge is -2.07. The molecule has 0 bridgehead atoms. The Kier molecular flexibility index (Phi) is 6.38. The van der Waals surface area contributed by atoms with Crippen molar-refractivity contribution in [2.24, 2.45) is 5.10 Å². The van der Waals surface area contributed by atoms with E-state index in [0.717, 1.165) is 0 Å². The lowest BCUT2D eigenvalue weighted by molar-refractivity contribution is -0.123. The zero-order valence-electron chi connectivity index (χ0n) is 11.5. The molecule has 0 saturated carbocycles. The molecule has 4 nitrogen and oxygen atoms in total. The second-order valence-corrected chi connectivity index (χ2v) is 6.03. The SMILES string of the molecule is O=C(COc1ccc(Cl)cc1Cl)NN=Cc1ccc(F)c(Br)c1. The van der Waals surface area contributed by atoms with Crippen molar-refractivity contribution in [2.45, 2.75) is 0 Å². The lowest BCUT2D eigenvalue weighted by Crippen LogP contribution is -2.24. The minimum Gasteiger partial charge on any atom is -0.482 e. The number of nitrogens with zero attached hydrogens (tertiary/aromatic N) is 1. The van der Waals surface area contributed by atoms with Gasteiger partial charge in [0, 0.05) is 5.02 Å². The molecule has 0 atom stereocenters. The molecule has 0 radical (unpaired) electrons. The van der Waals surface area contributed by atoms with E-state index in [1.165, 1.54) is 30.5 Å². The van der Waals surface area contributed by atoms with Crippen LogP contribution in [-0.2, 0) is 4.79 Å². The Morgan fingerprint density at radius 2 is 2.09 bits per heavy atom. The highest BCUT2D eigenvalue weighted by molar-refractivity contribution is 9.10. The van der Waals surface area contributed by atoms with Crippen LogP contribution in [0.4, 0.5) is 4.39 Å². The highest BCUT2D eigenvalue weighted by Gasteiger charge is 2.06. The molecule has 0 aromatic heterocycles. The summed E-state index contributed by atoms with van der Waals surface area (Å²) in [7, 11) is 0. The molecule has 0 aliphatic heterocycles. The first kappa shape index (κ1) is 17.7. The number of nitrogens with one attached hydrogen (secondary N) is 1. The highest BCUT2D eigenvalue weighted by Crippen LogP contribution is 2.27. The average Bonchev–Trinajstić information content (AvgIpc) is 2.50. The van der Waals surface area contributed by atoms with Crippen LogP contribution in [0.25, 0.3) is 0 Å². The summed E-state index contributed by atoms with van der Waals surface area (Å²) >= 11 is 14.7. The van der Waals surface area contributed by atoms with E-state index < -0.39 is 5.91 Å². The molecular weight excluding hydrogens is 410 g/mol. The summed E-state index contributed by atoms with van der Waals surface area (Å²) in [4.78, 5) is 11.6. The van der Waals surface area contributed by atoms with Crippen molar-refractivity contribution in [2.75, 3.05) is 6.61 Å². The summed E-state index contributed by atoms with van der Waals surface area (Å²) in [5, 5.41) is 4.54. The predicted octanol–water partition coefficient (Wildman–Crippen LogP) is 4.42. The molecule has 2 aromatic carbocycles. The number of hydrogen-bond acceptors (Lipinski definition) is 3. The third kappa shape index (κ3) is 5.49. The van der Waals surface area contributed by atoms with E-state index in [4.69, 9.17) is 27.9 Å². The average molecular weight is 420 g/mol. The number of benzene rings is 2. The van der Waals surface area contributed by atoms with E-state index in [1.54, 1.807) is 12.1 Å². The number of carbonyl (C=O) groups excluding carboxylic acids is 1. The van der Waals surface area contributed by atoms with Gasteiger partial charge in [-0.05, 0) is 51.8 Å². The van der Waals surface area contributed by atoms with Gasteiger partial charge in [0.2, 0.25) is 0 Å². The monoisotopic (exact) mass is 418 g/mol. The van der Waals surface area contributed by atoms with Crippen LogP contribution < -0.4 is 10.2 Å². The van der Waals surface area contributed by atoms with E-state index in [0.29, 0.717) is 25.8 Å². The molecule has 2 rings (SSSR count). The molecule has 1 amide bonds. The fourth-order valence-corrected chi connectivity index (χ4v) is 2.40. The molecule has 120 valence electrons. The molecule has 0 fully saturated rings. The molecule has 0 aliphatic carbocycles. The molecule has 1 N–H and O–H groups in total. The van der Waals surface area contributed by atoms with Crippen LogP contribution in [0.2, 0.25) is 10.0 Å². The first-order valence-corrected chi connectivity index (χ1v) is 7.85. The van der Waals surface area contributed by atoms with Crippen LogP contribution in [0.5, 0.6) is 5.75 Å². The second kappa shape index (κ2) is 8.29. The largest absolute Gasteiger partial charge is 0.482 e. The molecule has 23 heavy (non-hydrogen) atoms. The lowest BCUT2D eigenvalue weighted by atomic mass is 10.2. The van der Waals surface area contributed by atoms with Gasteiger partial charge in [0.1, 0.15) is 11.6 Å². The summed E-state index contributed by atoms with van der Waals surface area (Å²) in [6.07, 6.45) is 1.39. The van der Waals surface area contributed by atoms with E-state index >= 15 is 0 Å². The molecule has 8 heteroatoms. The van der Waals surface area contributed by atoms with E-state index in [1.807, 2.05) is 0 Å². The number of hydrogen-bond donors (Lipinski definition) is 1. The van der Waals surface area contributed by atoms with Crippen molar-refractivity contribution < 1.29 is 13.9 Å². The van der Waals surface area contributed by atoms with Crippen LogP contribution in [0, 0.1) is 5.82 Å². The fraction of sp³-hybridized carbons (Fsp3) is 0.0667. The van der Waals surface area contributed by atoms with Gasteiger partial charge in [-0.1, -0.05) is 29.3 Å². The Bertz CT molecular complexity index is 756. The number of ether oxygens (including phenoxy) is 1. The molecule has 0 saturated heterocycles. The highest BCUT2D eigenvalue weighted by atomic mass is 79.9. The minimum atomic E-state index is -0.464. The topological polar surface area (TPSA) is 50.7 Å². The Balaban J connectivity index is 1.85. The van der Waals surface area contributed by atoms with Crippen molar-refractivity contribution in [3.05, 3.63) is 62.3 Å². The quantitative estimate of drug-likeness (QED) is 0.575. The first-order chi connectivity index (χ1) is 11.0. The summed E-state index contributed by atoms with van der Waals surface area (Å²) in [5.74, 6) is -0.495. The van der Waals surface area contributed by atoms with Gasteiger partial charge in [-0.25, -0.2) is 9.82 Å². The van der Waals surface area contributed by atoms with Gasteiger partial charge in [-0.3, -0.25) is 4.79 Å². The fourth-order valence-electron chi connectivity index (χ4n) is 1.54. The molecular formula is C15H10BrCl2FN2O2. The Hall–Kier alpha value is -1.63. The Morgan fingerprint density at radius 1 is 1.30 bits per heavy atom. The van der Waals surface area contributed by atoms with Gasteiger partial charge in [-0.15, -0.1) is 0 Å². The standard InChI is InChI=1S/C15H10BrCl2FN2O2/c16-11-5-9(1-3-13(11)19)7-20-21-15(22)8-23-14-4-2-10(17)6-12(14)18/h1-7H,8H2,(H,21,22). The van der Waals surface area contributed by atoms with Gasteiger partial charge in [-0.2, -0.15) is 5.10 Å². The Labute approximate surface area is 150 Å². The van der Waals surface area contributed by atoms with Crippen molar-refractivity contribution in [3.8, 4) is 5.75 Å². The summed E-state index contributed by atoms with van der Waals surface area (Å²) in [6, 6.07) is 9.04. The summed E-state index contributed by atoms with van der Waals surface area (Å²) in [5.41, 5.74) is 2.92. The van der Waals surface area contributed by atoms with Gasteiger partial charge >= 0.3 is 0 Å². The number of rotatable bonds is 5. The van der Waals surface area contributed by atoms with Crippen LogP contribution in [0.3, 0.4) is 0 Å². The first-order valence-electron chi connectivity index (χ1n) is 6.30. The van der Waals surface area contributed by atoms with E-state index in [-0.39, 0.29) is 12.4 Å². The normalized spacial score (nSPS) is 10.8. The maximum absolute atomic E-state index is 13.1. The van der Waals surface area contributed by atoms with Crippen LogP contribution >= 0.6 is 39.1 Å². The third-order valence-electron chi connectivity index (χ3n) is 2.60. The zero-order valence-corrected chi connectivity index (χ0v) is 14.6. The maximum Gasteiger partial charge on any atom is 0.277 e. The van der Waals surface area contributed by atoms with E-state index in [2.05, 4.69) is 26.5 Å². The van der Waals surface area contributed by atoms with Crippen LogP contribution in [0.1, 0.15) is 5.56 Å². The molecule has 2 aromatic rings. The van der Waals surface area contributed by atoms with E-state index in [9.17, 15) is 9.18 Å². The molecule has 0 unspecified atom stereocenters. The number of amides is 1. The molecule has 0 heterocycles. The van der Waals surface area contributed by atoms with Crippen molar-refractivity contribution in [3.63, 3.8) is 0 Å². The smallest absolute Gasteiger partial charge is 0.277 e. The Morgan fingerprint density at radius 3 is 2.78 bits per heavy atom. The molecule has 0 aliphatic rings.